The Labute approximate surface area is 191 Å². The molecule has 0 saturated heterocycles. The molecule has 3 heteroatoms. The fraction of sp³-hybridized carbons (Fsp3) is 0. The Morgan fingerprint density at radius 3 is 1.78 bits per heavy atom. The highest BCUT2D eigenvalue weighted by atomic mass is 35.5. The van der Waals surface area contributed by atoms with Gasteiger partial charge in [-0.25, -0.2) is 4.98 Å². The lowest BCUT2D eigenvalue weighted by Crippen LogP contribution is -1.94. The van der Waals surface area contributed by atoms with Crippen molar-refractivity contribution < 1.29 is 0 Å². The van der Waals surface area contributed by atoms with E-state index in [1.54, 1.807) is 0 Å². The normalized spacial score (nSPS) is 11.3. The molecule has 0 saturated carbocycles. The van der Waals surface area contributed by atoms with E-state index in [1.165, 1.54) is 21.8 Å². The largest absolute Gasteiger partial charge is 0.309 e. The van der Waals surface area contributed by atoms with Gasteiger partial charge >= 0.3 is 0 Å². The van der Waals surface area contributed by atoms with Crippen LogP contribution in [-0.2, 0) is 0 Å². The number of hydrogen-bond donors (Lipinski definition) is 0. The topological polar surface area (TPSA) is 17.8 Å². The molecule has 0 aliphatic rings. The molecule has 6 rings (SSSR count). The zero-order valence-electron chi connectivity index (χ0n) is 17.2. The van der Waals surface area contributed by atoms with Crippen LogP contribution in [0.2, 0.25) is 5.15 Å². The average Bonchev–Trinajstić information content (AvgIpc) is 3.19. The van der Waals surface area contributed by atoms with Crippen molar-refractivity contribution in [1.82, 2.24) is 9.55 Å². The number of para-hydroxylation sites is 2. The van der Waals surface area contributed by atoms with E-state index in [1.807, 2.05) is 24.3 Å². The Hall–Kier alpha value is -3.88. The van der Waals surface area contributed by atoms with E-state index < -0.39 is 0 Å². The molecule has 0 aliphatic carbocycles. The second-order valence-corrected chi connectivity index (χ2v) is 8.23. The monoisotopic (exact) mass is 430 g/mol. The first-order valence-corrected chi connectivity index (χ1v) is 11.0. The van der Waals surface area contributed by atoms with Crippen LogP contribution in [0.3, 0.4) is 0 Å². The van der Waals surface area contributed by atoms with Gasteiger partial charge in [0.1, 0.15) is 5.15 Å². The van der Waals surface area contributed by atoms with Crippen molar-refractivity contribution in [1.29, 1.82) is 0 Å². The lowest BCUT2D eigenvalue weighted by atomic mass is 10.0. The molecule has 0 radical (unpaired) electrons. The predicted octanol–water partition coefficient (Wildman–Crippen LogP) is 8.17. The van der Waals surface area contributed by atoms with E-state index >= 15 is 0 Å². The molecule has 2 heterocycles. The summed E-state index contributed by atoms with van der Waals surface area (Å²) in [7, 11) is 0. The van der Waals surface area contributed by atoms with Crippen molar-refractivity contribution >= 4 is 33.4 Å². The van der Waals surface area contributed by atoms with Crippen molar-refractivity contribution in [2.75, 3.05) is 0 Å². The highest BCUT2D eigenvalue weighted by Crippen LogP contribution is 2.33. The number of hydrogen-bond acceptors (Lipinski definition) is 1. The Balaban J connectivity index is 1.46. The van der Waals surface area contributed by atoms with Crippen LogP contribution in [0.1, 0.15) is 0 Å². The maximum absolute atomic E-state index is 6.38. The third kappa shape index (κ3) is 3.17. The van der Waals surface area contributed by atoms with Crippen LogP contribution in [0.15, 0.2) is 115 Å². The summed E-state index contributed by atoms with van der Waals surface area (Å²) < 4.78 is 2.31. The second kappa shape index (κ2) is 7.67. The molecular weight excluding hydrogens is 412 g/mol. The van der Waals surface area contributed by atoms with Gasteiger partial charge in [0, 0.05) is 22.0 Å². The van der Waals surface area contributed by atoms with Crippen LogP contribution in [0.5, 0.6) is 0 Å². The molecule has 32 heavy (non-hydrogen) atoms. The first-order valence-electron chi connectivity index (χ1n) is 10.6. The van der Waals surface area contributed by atoms with E-state index in [9.17, 15) is 0 Å². The number of fused-ring (bicyclic) bond motifs is 3. The minimum Gasteiger partial charge on any atom is -0.309 e. The summed E-state index contributed by atoms with van der Waals surface area (Å²) in [4.78, 5) is 4.58. The highest BCUT2D eigenvalue weighted by Gasteiger charge is 2.12. The fourth-order valence-corrected chi connectivity index (χ4v) is 4.63. The van der Waals surface area contributed by atoms with Crippen molar-refractivity contribution in [2.24, 2.45) is 0 Å². The summed E-state index contributed by atoms with van der Waals surface area (Å²) in [5.41, 5.74) is 7.62. The van der Waals surface area contributed by atoms with Crippen molar-refractivity contribution in [3.05, 3.63) is 120 Å². The number of pyridine rings is 1. The van der Waals surface area contributed by atoms with Crippen LogP contribution in [0.4, 0.5) is 0 Å². The van der Waals surface area contributed by atoms with Gasteiger partial charge < -0.3 is 4.57 Å². The fourth-order valence-electron chi connectivity index (χ4n) is 4.42. The number of nitrogens with zero attached hydrogens (tertiary/aromatic N) is 2. The van der Waals surface area contributed by atoms with E-state index in [2.05, 4.69) is 101 Å². The maximum Gasteiger partial charge on any atom is 0.130 e. The number of halogens is 1. The molecule has 6 aromatic rings. The van der Waals surface area contributed by atoms with Gasteiger partial charge in [-0.3, -0.25) is 0 Å². The van der Waals surface area contributed by atoms with Gasteiger partial charge in [0.15, 0.2) is 0 Å². The Morgan fingerprint density at radius 1 is 0.531 bits per heavy atom. The van der Waals surface area contributed by atoms with Gasteiger partial charge in [0.2, 0.25) is 0 Å². The van der Waals surface area contributed by atoms with Crippen LogP contribution in [0.25, 0.3) is 49.9 Å². The van der Waals surface area contributed by atoms with Gasteiger partial charge in [-0.15, -0.1) is 0 Å². The molecule has 0 unspecified atom stereocenters. The maximum atomic E-state index is 6.38. The molecule has 2 aromatic heterocycles. The van der Waals surface area contributed by atoms with E-state index in [4.69, 9.17) is 11.6 Å². The van der Waals surface area contributed by atoms with Crippen LogP contribution >= 0.6 is 11.6 Å². The standard InChI is InChI=1S/C29H19ClN2/c30-29-19-22(20-8-2-1-3-9-20)18-26(31-29)21-14-16-23(17-15-21)32-27-12-6-4-10-24(27)25-11-5-7-13-28(25)32/h1-19H. The molecular formula is C29H19ClN2. The average molecular weight is 431 g/mol. The number of benzene rings is 4. The zero-order chi connectivity index (χ0) is 21.5. The minimum absolute atomic E-state index is 0.493. The van der Waals surface area contributed by atoms with Crippen molar-refractivity contribution in [2.45, 2.75) is 0 Å². The molecule has 4 aromatic carbocycles. The summed E-state index contributed by atoms with van der Waals surface area (Å²) in [6.45, 7) is 0. The summed E-state index contributed by atoms with van der Waals surface area (Å²) >= 11 is 6.38. The lowest BCUT2D eigenvalue weighted by molar-refractivity contribution is 1.18. The first-order chi connectivity index (χ1) is 15.8. The summed E-state index contributed by atoms with van der Waals surface area (Å²) in [5, 5.41) is 3.01. The molecule has 0 fully saturated rings. The Morgan fingerprint density at radius 2 is 1.12 bits per heavy atom. The SMILES string of the molecule is Clc1cc(-c2ccccc2)cc(-c2ccc(-n3c4ccccc4c4ccccc43)cc2)n1. The molecule has 0 amide bonds. The summed E-state index contributed by atoms with van der Waals surface area (Å²) in [6.07, 6.45) is 0. The quantitative estimate of drug-likeness (QED) is 0.259. The molecule has 0 bridgehead atoms. The number of aromatic nitrogens is 2. The van der Waals surface area contributed by atoms with E-state index in [0.717, 1.165) is 28.1 Å². The minimum atomic E-state index is 0.493. The zero-order valence-corrected chi connectivity index (χ0v) is 18.0. The summed E-state index contributed by atoms with van der Waals surface area (Å²) in [6, 6.07) is 39.9. The van der Waals surface area contributed by atoms with Crippen LogP contribution < -0.4 is 0 Å². The Kier molecular flexibility index (Phi) is 4.52. The first kappa shape index (κ1) is 18.9. The van der Waals surface area contributed by atoms with Crippen LogP contribution in [-0.4, -0.2) is 9.55 Å². The molecule has 0 aliphatic heterocycles. The van der Waals surface area contributed by atoms with Gasteiger partial charge in [-0.2, -0.15) is 0 Å². The van der Waals surface area contributed by atoms with Gasteiger partial charge in [0.05, 0.1) is 16.7 Å². The van der Waals surface area contributed by atoms with Crippen molar-refractivity contribution in [3.8, 4) is 28.1 Å². The number of rotatable bonds is 3. The molecule has 152 valence electrons. The van der Waals surface area contributed by atoms with Gasteiger partial charge in [-0.05, 0) is 47.5 Å². The second-order valence-electron chi connectivity index (χ2n) is 7.85. The van der Waals surface area contributed by atoms with E-state index in [-0.39, 0.29) is 0 Å². The lowest BCUT2D eigenvalue weighted by Gasteiger charge is -2.10. The van der Waals surface area contributed by atoms with Crippen LogP contribution in [0, 0.1) is 0 Å². The third-order valence-electron chi connectivity index (χ3n) is 5.90. The predicted molar refractivity (Wildman–Crippen MR) is 134 cm³/mol. The summed E-state index contributed by atoms with van der Waals surface area (Å²) in [5.74, 6) is 0. The van der Waals surface area contributed by atoms with Gasteiger partial charge in [-0.1, -0.05) is 90.5 Å². The molecule has 0 atom stereocenters. The Bertz CT molecular complexity index is 1510. The molecule has 2 nitrogen and oxygen atoms in total. The van der Waals surface area contributed by atoms with Crippen molar-refractivity contribution in [3.63, 3.8) is 0 Å². The van der Waals surface area contributed by atoms with Gasteiger partial charge in [0.25, 0.3) is 0 Å². The smallest absolute Gasteiger partial charge is 0.130 e. The third-order valence-corrected chi connectivity index (χ3v) is 6.10. The molecule has 0 N–H and O–H groups in total. The highest BCUT2D eigenvalue weighted by molar-refractivity contribution is 6.29. The molecule has 0 spiro atoms. The van der Waals surface area contributed by atoms with E-state index in [0.29, 0.717) is 5.15 Å².